The summed E-state index contributed by atoms with van der Waals surface area (Å²) in [6.07, 6.45) is 3.20. The molecule has 0 fully saturated rings. The molecule has 0 atom stereocenters. The lowest BCUT2D eigenvalue weighted by Crippen LogP contribution is -1.75. The average molecular weight is 195 g/mol. The summed E-state index contributed by atoms with van der Waals surface area (Å²) in [6, 6.07) is 13.0. The van der Waals surface area contributed by atoms with Gasteiger partial charge in [0.05, 0.1) is 6.07 Å². The molecule has 0 aliphatic carbocycles. The van der Waals surface area contributed by atoms with E-state index in [1.165, 1.54) is 6.08 Å². The molecule has 0 aliphatic heterocycles. The van der Waals surface area contributed by atoms with Crippen molar-refractivity contribution in [1.29, 1.82) is 5.26 Å². The van der Waals surface area contributed by atoms with Gasteiger partial charge < -0.3 is 5.11 Å². The third-order valence-corrected chi connectivity index (χ3v) is 2.20. The van der Waals surface area contributed by atoms with Crippen LogP contribution in [0.4, 0.5) is 0 Å². The summed E-state index contributed by atoms with van der Waals surface area (Å²) >= 11 is 0. The number of phenolic OH excluding ortho intramolecular Hbond substituents is 1. The van der Waals surface area contributed by atoms with Crippen LogP contribution in [0.3, 0.4) is 0 Å². The SMILES string of the molecule is N#CC=Cc1ccc2cc(O)ccc2c1. The number of benzene rings is 2. The van der Waals surface area contributed by atoms with Crippen molar-refractivity contribution in [1.82, 2.24) is 0 Å². The summed E-state index contributed by atoms with van der Waals surface area (Å²) in [6.45, 7) is 0. The number of fused-ring (bicyclic) bond motifs is 1. The predicted octanol–water partition coefficient (Wildman–Crippen LogP) is 3.08. The van der Waals surface area contributed by atoms with Crippen LogP contribution < -0.4 is 0 Å². The number of nitriles is 1. The number of hydrogen-bond acceptors (Lipinski definition) is 2. The Morgan fingerprint density at radius 2 is 1.80 bits per heavy atom. The van der Waals surface area contributed by atoms with Crippen LogP contribution in [0.2, 0.25) is 0 Å². The quantitative estimate of drug-likeness (QED) is 0.710. The van der Waals surface area contributed by atoms with E-state index >= 15 is 0 Å². The Morgan fingerprint density at radius 3 is 2.60 bits per heavy atom. The second kappa shape index (κ2) is 3.85. The summed E-state index contributed by atoms with van der Waals surface area (Å²) in [4.78, 5) is 0. The van der Waals surface area contributed by atoms with Crippen molar-refractivity contribution in [3.05, 3.63) is 48.0 Å². The molecule has 2 aromatic carbocycles. The maximum absolute atomic E-state index is 9.28. The molecule has 2 rings (SSSR count). The molecule has 0 bridgehead atoms. The number of nitrogens with zero attached hydrogens (tertiary/aromatic N) is 1. The molecule has 0 unspecified atom stereocenters. The third-order valence-electron chi connectivity index (χ3n) is 2.20. The minimum absolute atomic E-state index is 0.266. The Hall–Kier alpha value is -2.27. The lowest BCUT2D eigenvalue weighted by molar-refractivity contribution is 0.476. The molecule has 0 saturated heterocycles. The average Bonchev–Trinajstić information content (AvgIpc) is 2.26. The summed E-state index contributed by atoms with van der Waals surface area (Å²) in [5.74, 6) is 0.266. The van der Waals surface area contributed by atoms with Crippen molar-refractivity contribution in [3.63, 3.8) is 0 Å². The highest BCUT2D eigenvalue weighted by atomic mass is 16.3. The van der Waals surface area contributed by atoms with Crippen LogP contribution in [0.5, 0.6) is 5.75 Å². The maximum atomic E-state index is 9.28. The van der Waals surface area contributed by atoms with Crippen molar-refractivity contribution in [2.45, 2.75) is 0 Å². The maximum Gasteiger partial charge on any atom is 0.116 e. The molecule has 2 nitrogen and oxygen atoms in total. The van der Waals surface area contributed by atoms with Crippen molar-refractivity contribution in [3.8, 4) is 11.8 Å². The normalized spacial score (nSPS) is 10.6. The van der Waals surface area contributed by atoms with E-state index in [4.69, 9.17) is 5.26 Å². The zero-order valence-electron chi connectivity index (χ0n) is 8.01. The van der Waals surface area contributed by atoms with Crippen LogP contribution in [-0.2, 0) is 0 Å². The van der Waals surface area contributed by atoms with Gasteiger partial charge in [0.15, 0.2) is 0 Å². The van der Waals surface area contributed by atoms with Gasteiger partial charge >= 0.3 is 0 Å². The largest absolute Gasteiger partial charge is 0.508 e. The number of phenols is 1. The zero-order chi connectivity index (χ0) is 10.7. The van der Waals surface area contributed by atoms with Crippen molar-refractivity contribution in [2.24, 2.45) is 0 Å². The highest BCUT2D eigenvalue weighted by Crippen LogP contribution is 2.21. The molecule has 0 radical (unpaired) electrons. The molecular formula is C13H9NO. The predicted molar refractivity (Wildman–Crippen MR) is 60.3 cm³/mol. The molecule has 0 saturated carbocycles. The van der Waals surface area contributed by atoms with Gasteiger partial charge in [0, 0.05) is 6.08 Å². The van der Waals surface area contributed by atoms with Crippen LogP contribution in [-0.4, -0.2) is 5.11 Å². The van der Waals surface area contributed by atoms with Crippen LogP contribution in [0, 0.1) is 11.3 Å². The second-order valence-electron chi connectivity index (χ2n) is 3.25. The van der Waals surface area contributed by atoms with Crippen molar-refractivity contribution in [2.75, 3.05) is 0 Å². The first-order chi connectivity index (χ1) is 7.29. The monoisotopic (exact) mass is 195 g/mol. The fourth-order valence-corrected chi connectivity index (χ4v) is 1.49. The van der Waals surface area contributed by atoms with E-state index in [0.717, 1.165) is 16.3 Å². The van der Waals surface area contributed by atoms with Gasteiger partial charge in [-0.3, -0.25) is 0 Å². The summed E-state index contributed by atoms with van der Waals surface area (Å²) in [5.41, 5.74) is 0.981. The van der Waals surface area contributed by atoms with Crippen molar-refractivity contribution < 1.29 is 5.11 Å². The van der Waals surface area contributed by atoms with E-state index in [-0.39, 0.29) is 5.75 Å². The molecule has 72 valence electrons. The van der Waals surface area contributed by atoms with Crippen LogP contribution >= 0.6 is 0 Å². The van der Waals surface area contributed by atoms with E-state index in [1.807, 2.05) is 30.3 Å². The lowest BCUT2D eigenvalue weighted by atomic mass is 10.1. The molecule has 0 spiro atoms. The van der Waals surface area contributed by atoms with Crippen molar-refractivity contribution >= 4 is 16.8 Å². The van der Waals surface area contributed by atoms with E-state index in [0.29, 0.717) is 0 Å². The molecule has 0 heterocycles. The van der Waals surface area contributed by atoms with Gasteiger partial charge in [-0.1, -0.05) is 18.2 Å². The molecule has 2 heteroatoms. The Morgan fingerprint density at radius 1 is 1.07 bits per heavy atom. The lowest BCUT2D eigenvalue weighted by Gasteiger charge is -2.00. The fraction of sp³-hybridized carbons (Fsp3) is 0. The Bertz CT molecular complexity index is 564. The first kappa shape index (κ1) is 9.29. The first-order valence-corrected chi connectivity index (χ1v) is 4.58. The molecule has 0 amide bonds. The minimum atomic E-state index is 0.266. The van der Waals surface area contributed by atoms with Gasteiger partial charge in [-0.2, -0.15) is 5.26 Å². The first-order valence-electron chi connectivity index (χ1n) is 4.58. The zero-order valence-corrected chi connectivity index (χ0v) is 8.01. The molecule has 15 heavy (non-hydrogen) atoms. The number of rotatable bonds is 1. The van der Waals surface area contributed by atoms with E-state index < -0.39 is 0 Å². The number of hydrogen-bond donors (Lipinski definition) is 1. The highest BCUT2D eigenvalue weighted by Gasteiger charge is 1.95. The summed E-state index contributed by atoms with van der Waals surface area (Å²) < 4.78 is 0. The van der Waals surface area contributed by atoms with Gasteiger partial charge in [-0.15, -0.1) is 0 Å². The van der Waals surface area contributed by atoms with Crippen LogP contribution in [0.15, 0.2) is 42.5 Å². The van der Waals surface area contributed by atoms with E-state index in [9.17, 15) is 5.11 Å². The number of allylic oxidation sites excluding steroid dienone is 1. The smallest absolute Gasteiger partial charge is 0.116 e. The van der Waals surface area contributed by atoms with Gasteiger partial charge in [0.25, 0.3) is 0 Å². The standard InChI is InChI=1S/C13H9NO/c14-7-1-2-10-3-4-12-9-13(15)6-5-11(12)8-10/h1-6,8-9,15H. The third kappa shape index (κ3) is 1.97. The summed E-state index contributed by atoms with van der Waals surface area (Å²) in [5, 5.41) is 19.7. The van der Waals surface area contributed by atoms with Gasteiger partial charge in [0.1, 0.15) is 5.75 Å². The fourth-order valence-electron chi connectivity index (χ4n) is 1.49. The van der Waals surface area contributed by atoms with E-state index in [2.05, 4.69) is 0 Å². The van der Waals surface area contributed by atoms with Gasteiger partial charge in [-0.05, 0) is 40.6 Å². The molecule has 1 N–H and O–H groups in total. The van der Waals surface area contributed by atoms with Gasteiger partial charge in [-0.25, -0.2) is 0 Å². The molecular weight excluding hydrogens is 186 g/mol. The molecule has 0 aromatic heterocycles. The van der Waals surface area contributed by atoms with Crippen LogP contribution in [0.1, 0.15) is 5.56 Å². The minimum Gasteiger partial charge on any atom is -0.508 e. The Kier molecular flexibility index (Phi) is 2.38. The molecule has 0 aliphatic rings. The van der Waals surface area contributed by atoms with Crippen LogP contribution in [0.25, 0.3) is 16.8 Å². The van der Waals surface area contributed by atoms with E-state index in [1.54, 1.807) is 18.2 Å². The molecule has 2 aromatic rings. The Labute approximate surface area is 87.7 Å². The highest BCUT2D eigenvalue weighted by molar-refractivity contribution is 5.86. The number of aromatic hydroxyl groups is 1. The summed E-state index contributed by atoms with van der Waals surface area (Å²) in [7, 11) is 0. The Balaban J connectivity index is 2.53. The van der Waals surface area contributed by atoms with Gasteiger partial charge in [0.2, 0.25) is 0 Å². The topological polar surface area (TPSA) is 44.0 Å². The second-order valence-corrected chi connectivity index (χ2v) is 3.25.